The summed E-state index contributed by atoms with van der Waals surface area (Å²) in [5, 5.41) is 3.59. The average Bonchev–Trinajstić information content (AvgIpc) is 2.92. The summed E-state index contributed by atoms with van der Waals surface area (Å²) in [6, 6.07) is 9.62. The molecule has 1 aliphatic heterocycles. The first-order valence-corrected chi connectivity index (χ1v) is 7.43. The van der Waals surface area contributed by atoms with Crippen molar-refractivity contribution < 1.29 is 4.79 Å². The zero-order chi connectivity index (χ0) is 15.0. The van der Waals surface area contributed by atoms with E-state index in [2.05, 4.69) is 22.1 Å². The third-order valence-corrected chi connectivity index (χ3v) is 4.43. The van der Waals surface area contributed by atoms with Crippen LogP contribution in [0.1, 0.15) is 24.2 Å². The summed E-state index contributed by atoms with van der Waals surface area (Å²) in [6.07, 6.45) is 2.06. The molecule has 0 spiro atoms. The first-order chi connectivity index (χ1) is 10.1. The SMILES string of the molecule is Cc1ccc(NC(=O)N2CCn3cccc3C2C)cc1Cl. The van der Waals surface area contributed by atoms with Gasteiger partial charge in [0.15, 0.2) is 0 Å². The first kappa shape index (κ1) is 14.0. The van der Waals surface area contributed by atoms with Crippen LogP contribution in [0.4, 0.5) is 10.5 Å². The van der Waals surface area contributed by atoms with Gasteiger partial charge in [0.2, 0.25) is 0 Å². The molecule has 0 aliphatic carbocycles. The molecular formula is C16H18ClN3O. The molecule has 5 heteroatoms. The van der Waals surface area contributed by atoms with Gasteiger partial charge in [0.1, 0.15) is 0 Å². The van der Waals surface area contributed by atoms with E-state index >= 15 is 0 Å². The summed E-state index contributed by atoms with van der Waals surface area (Å²) in [5.41, 5.74) is 2.89. The largest absolute Gasteiger partial charge is 0.348 e. The predicted molar refractivity (Wildman–Crippen MR) is 84.8 cm³/mol. The second kappa shape index (κ2) is 5.45. The highest BCUT2D eigenvalue weighted by Crippen LogP contribution is 2.26. The van der Waals surface area contributed by atoms with Gasteiger partial charge in [-0.1, -0.05) is 17.7 Å². The molecule has 0 saturated heterocycles. The number of hydrogen-bond acceptors (Lipinski definition) is 1. The fourth-order valence-corrected chi connectivity index (χ4v) is 2.90. The van der Waals surface area contributed by atoms with Crippen LogP contribution in [-0.4, -0.2) is 22.0 Å². The van der Waals surface area contributed by atoms with Crippen molar-refractivity contribution in [2.24, 2.45) is 0 Å². The van der Waals surface area contributed by atoms with Gasteiger partial charge < -0.3 is 14.8 Å². The molecule has 0 radical (unpaired) electrons. The molecule has 3 rings (SSSR count). The van der Waals surface area contributed by atoms with Crippen molar-refractivity contribution in [2.75, 3.05) is 11.9 Å². The van der Waals surface area contributed by atoms with Crippen LogP contribution in [0.15, 0.2) is 36.5 Å². The quantitative estimate of drug-likeness (QED) is 0.847. The Morgan fingerprint density at radius 3 is 2.90 bits per heavy atom. The summed E-state index contributed by atoms with van der Waals surface area (Å²) in [4.78, 5) is 14.3. The molecule has 110 valence electrons. The monoisotopic (exact) mass is 303 g/mol. The van der Waals surface area contributed by atoms with Gasteiger partial charge in [0.25, 0.3) is 0 Å². The molecule has 21 heavy (non-hydrogen) atoms. The highest BCUT2D eigenvalue weighted by molar-refractivity contribution is 6.31. The Morgan fingerprint density at radius 2 is 2.14 bits per heavy atom. The maximum Gasteiger partial charge on any atom is 0.322 e. The summed E-state index contributed by atoms with van der Waals surface area (Å²) in [5.74, 6) is 0. The topological polar surface area (TPSA) is 37.3 Å². The second-order valence-electron chi connectivity index (χ2n) is 5.39. The molecule has 1 unspecified atom stereocenters. The van der Waals surface area contributed by atoms with Crippen LogP contribution in [0.25, 0.3) is 0 Å². The molecule has 1 aromatic heterocycles. The van der Waals surface area contributed by atoms with Gasteiger partial charge in [-0.15, -0.1) is 0 Å². The van der Waals surface area contributed by atoms with Gasteiger partial charge in [0.05, 0.1) is 6.04 Å². The van der Waals surface area contributed by atoms with E-state index in [0.29, 0.717) is 11.6 Å². The molecule has 2 amide bonds. The molecule has 0 bridgehead atoms. The number of nitrogens with zero attached hydrogens (tertiary/aromatic N) is 2. The van der Waals surface area contributed by atoms with Crippen molar-refractivity contribution in [1.29, 1.82) is 0 Å². The fourth-order valence-electron chi connectivity index (χ4n) is 2.72. The van der Waals surface area contributed by atoms with Gasteiger partial charge in [-0.2, -0.15) is 0 Å². The lowest BCUT2D eigenvalue weighted by molar-refractivity contribution is 0.175. The van der Waals surface area contributed by atoms with Crippen LogP contribution < -0.4 is 5.32 Å². The van der Waals surface area contributed by atoms with Gasteiger partial charge in [-0.3, -0.25) is 0 Å². The molecule has 2 heterocycles. The Morgan fingerprint density at radius 1 is 1.33 bits per heavy atom. The van der Waals surface area contributed by atoms with Crippen LogP contribution in [0.2, 0.25) is 5.02 Å². The lowest BCUT2D eigenvalue weighted by Crippen LogP contribution is -2.42. The number of fused-ring (bicyclic) bond motifs is 1. The van der Waals surface area contributed by atoms with Crippen molar-refractivity contribution in [3.8, 4) is 0 Å². The Bertz CT molecular complexity index is 680. The number of urea groups is 1. The number of aromatic nitrogens is 1. The Labute approximate surface area is 129 Å². The highest BCUT2D eigenvalue weighted by atomic mass is 35.5. The number of carbonyl (C=O) groups excluding carboxylic acids is 1. The van der Waals surface area contributed by atoms with Gasteiger partial charge >= 0.3 is 6.03 Å². The van der Waals surface area contributed by atoms with Crippen molar-refractivity contribution in [3.05, 3.63) is 52.8 Å². The van der Waals surface area contributed by atoms with Crippen molar-refractivity contribution in [1.82, 2.24) is 9.47 Å². The zero-order valence-electron chi connectivity index (χ0n) is 12.1. The average molecular weight is 304 g/mol. The number of hydrogen-bond donors (Lipinski definition) is 1. The van der Waals surface area contributed by atoms with E-state index in [1.54, 1.807) is 6.07 Å². The minimum atomic E-state index is -0.0881. The maximum atomic E-state index is 12.5. The molecule has 1 aliphatic rings. The fraction of sp³-hybridized carbons (Fsp3) is 0.312. The number of nitrogens with one attached hydrogen (secondary N) is 1. The predicted octanol–water partition coefficient (Wildman–Crippen LogP) is 4.06. The minimum Gasteiger partial charge on any atom is -0.348 e. The van der Waals surface area contributed by atoms with E-state index in [1.165, 1.54) is 5.69 Å². The number of aryl methyl sites for hydroxylation is 1. The molecule has 0 saturated carbocycles. The molecule has 0 fully saturated rings. The van der Waals surface area contributed by atoms with Crippen LogP contribution in [0.5, 0.6) is 0 Å². The number of benzene rings is 1. The van der Waals surface area contributed by atoms with E-state index in [-0.39, 0.29) is 12.1 Å². The lowest BCUT2D eigenvalue weighted by atomic mass is 10.1. The molecular weight excluding hydrogens is 286 g/mol. The van der Waals surface area contributed by atoms with E-state index < -0.39 is 0 Å². The minimum absolute atomic E-state index is 0.0645. The third kappa shape index (κ3) is 2.63. The number of carbonyl (C=O) groups is 1. The number of rotatable bonds is 1. The molecule has 1 N–H and O–H groups in total. The van der Waals surface area contributed by atoms with Crippen LogP contribution in [0.3, 0.4) is 0 Å². The van der Waals surface area contributed by atoms with Crippen LogP contribution in [-0.2, 0) is 6.54 Å². The number of amides is 2. The number of halogens is 1. The Kier molecular flexibility index (Phi) is 3.64. The second-order valence-corrected chi connectivity index (χ2v) is 5.80. The molecule has 1 aromatic carbocycles. The maximum absolute atomic E-state index is 12.5. The lowest BCUT2D eigenvalue weighted by Gasteiger charge is -2.34. The van der Waals surface area contributed by atoms with Crippen LogP contribution >= 0.6 is 11.6 Å². The van der Waals surface area contributed by atoms with Crippen LogP contribution in [0, 0.1) is 6.92 Å². The summed E-state index contributed by atoms with van der Waals surface area (Å²) >= 11 is 6.10. The normalized spacial score (nSPS) is 17.5. The molecule has 4 nitrogen and oxygen atoms in total. The van der Waals surface area contributed by atoms with Gasteiger partial charge in [0, 0.05) is 35.7 Å². The van der Waals surface area contributed by atoms with Crippen molar-refractivity contribution >= 4 is 23.3 Å². The molecule has 1 atom stereocenters. The summed E-state index contributed by atoms with van der Waals surface area (Å²) < 4.78 is 2.19. The highest BCUT2D eigenvalue weighted by Gasteiger charge is 2.27. The number of anilines is 1. The van der Waals surface area contributed by atoms with Gasteiger partial charge in [-0.25, -0.2) is 4.79 Å². The summed E-state index contributed by atoms with van der Waals surface area (Å²) in [7, 11) is 0. The standard InChI is InChI=1S/C16H18ClN3O/c1-11-5-6-13(10-14(11)17)18-16(21)20-9-8-19-7-3-4-15(19)12(20)2/h3-7,10,12H,8-9H2,1-2H3,(H,18,21). The van der Waals surface area contributed by atoms with E-state index in [1.807, 2.05) is 36.9 Å². The Balaban J connectivity index is 1.75. The third-order valence-electron chi connectivity index (χ3n) is 4.03. The smallest absolute Gasteiger partial charge is 0.322 e. The molecule has 2 aromatic rings. The first-order valence-electron chi connectivity index (χ1n) is 7.05. The van der Waals surface area contributed by atoms with E-state index in [9.17, 15) is 4.79 Å². The Hall–Kier alpha value is -1.94. The zero-order valence-corrected chi connectivity index (χ0v) is 12.9. The van der Waals surface area contributed by atoms with Gasteiger partial charge in [-0.05, 0) is 43.7 Å². The van der Waals surface area contributed by atoms with Crippen molar-refractivity contribution in [2.45, 2.75) is 26.4 Å². The summed E-state index contributed by atoms with van der Waals surface area (Å²) in [6.45, 7) is 5.52. The van der Waals surface area contributed by atoms with Crippen molar-refractivity contribution in [3.63, 3.8) is 0 Å². The van der Waals surface area contributed by atoms with E-state index in [4.69, 9.17) is 11.6 Å². The van der Waals surface area contributed by atoms with E-state index in [0.717, 1.165) is 17.8 Å².